The van der Waals surface area contributed by atoms with Crippen molar-refractivity contribution < 1.29 is 22.8 Å². The summed E-state index contributed by atoms with van der Waals surface area (Å²) in [6.45, 7) is 3.73. The minimum absolute atomic E-state index is 0.0329. The summed E-state index contributed by atoms with van der Waals surface area (Å²) in [6, 6.07) is 5.25. The van der Waals surface area contributed by atoms with Crippen LogP contribution >= 0.6 is 11.8 Å². The van der Waals surface area contributed by atoms with E-state index in [1.165, 1.54) is 17.8 Å². The molecule has 2 saturated heterocycles. The van der Waals surface area contributed by atoms with Crippen LogP contribution in [0, 0.1) is 5.92 Å². The van der Waals surface area contributed by atoms with Gasteiger partial charge in [-0.15, -0.1) is 11.8 Å². The maximum absolute atomic E-state index is 13.0. The molecule has 2 fully saturated rings. The molecule has 8 heteroatoms. The van der Waals surface area contributed by atoms with Gasteiger partial charge in [0.25, 0.3) is 0 Å². The predicted octanol–water partition coefficient (Wildman–Crippen LogP) is 3.93. The molecule has 4 nitrogen and oxygen atoms in total. The van der Waals surface area contributed by atoms with Crippen LogP contribution in [0.5, 0.6) is 0 Å². The molecular formula is C19H23F3N2O2S. The number of piperidine rings is 1. The summed E-state index contributed by atoms with van der Waals surface area (Å²) < 4.78 is 39.0. The number of hydrogen-bond acceptors (Lipinski definition) is 3. The fraction of sp³-hybridized carbons (Fsp3) is 0.579. The van der Waals surface area contributed by atoms with E-state index in [1.54, 1.807) is 11.0 Å². The van der Waals surface area contributed by atoms with E-state index in [1.807, 2.05) is 11.8 Å². The molecule has 2 heterocycles. The Morgan fingerprint density at radius 1 is 1.26 bits per heavy atom. The predicted molar refractivity (Wildman–Crippen MR) is 98.0 cm³/mol. The minimum atomic E-state index is -4.40. The Labute approximate surface area is 161 Å². The fourth-order valence-electron chi connectivity index (χ4n) is 3.66. The quantitative estimate of drug-likeness (QED) is 0.769. The third kappa shape index (κ3) is 4.59. The van der Waals surface area contributed by atoms with Crippen molar-refractivity contribution in [3.8, 4) is 0 Å². The molecule has 0 saturated carbocycles. The maximum Gasteiger partial charge on any atom is 0.416 e. The maximum atomic E-state index is 13.0. The molecule has 0 radical (unpaired) electrons. The number of carbonyl (C=O) groups is 2. The van der Waals surface area contributed by atoms with Crippen molar-refractivity contribution in [1.82, 2.24) is 9.80 Å². The molecule has 3 rings (SSSR count). The van der Waals surface area contributed by atoms with Gasteiger partial charge < -0.3 is 9.80 Å². The molecule has 0 aromatic heterocycles. The van der Waals surface area contributed by atoms with Gasteiger partial charge in [0.2, 0.25) is 11.8 Å². The molecule has 2 aliphatic rings. The number of alkyl halides is 3. The number of nitrogens with zero attached hydrogens (tertiary/aromatic N) is 2. The molecule has 2 amide bonds. The van der Waals surface area contributed by atoms with Gasteiger partial charge in [0, 0.05) is 26.1 Å². The molecule has 1 aromatic carbocycles. The Morgan fingerprint density at radius 3 is 2.59 bits per heavy atom. The molecule has 1 aromatic rings. The molecule has 0 aliphatic carbocycles. The Kier molecular flexibility index (Phi) is 6.03. The van der Waals surface area contributed by atoms with Gasteiger partial charge in [-0.25, -0.2) is 0 Å². The number of hydrogen-bond donors (Lipinski definition) is 0. The first-order chi connectivity index (χ1) is 12.8. The highest BCUT2D eigenvalue weighted by Crippen LogP contribution is 2.41. The number of halogens is 3. The Hall–Kier alpha value is -1.70. The van der Waals surface area contributed by atoms with Crippen LogP contribution < -0.4 is 0 Å². The van der Waals surface area contributed by atoms with E-state index in [9.17, 15) is 22.8 Å². The average molecular weight is 400 g/mol. The van der Waals surface area contributed by atoms with Gasteiger partial charge in [-0.05, 0) is 36.5 Å². The van der Waals surface area contributed by atoms with Crippen LogP contribution in [-0.4, -0.2) is 47.0 Å². The first-order valence-electron chi connectivity index (χ1n) is 9.15. The number of benzene rings is 1. The van der Waals surface area contributed by atoms with Crippen molar-refractivity contribution >= 4 is 23.6 Å². The topological polar surface area (TPSA) is 40.6 Å². The first-order valence-corrected chi connectivity index (χ1v) is 10.2. The van der Waals surface area contributed by atoms with E-state index >= 15 is 0 Å². The van der Waals surface area contributed by atoms with Gasteiger partial charge in [0.05, 0.1) is 11.3 Å². The van der Waals surface area contributed by atoms with Crippen LogP contribution in [0.1, 0.15) is 42.7 Å². The van der Waals surface area contributed by atoms with Gasteiger partial charge in [0.1, 0.15) is 5.37 Å². The van der Waals surface area contributed by atoms with E-state index in [0.717, 1.165) is 25.0 Å². The lowest BCUT2D eigenvalue weighted by atomic mass is 9.95. The molecule has 0 N–H and O–H groups in total. The van der Waals surface area contributed by atoms with Crippen molar-refractivity contribution in [1.29, 1.82) is 0 Å². The monoisotopic (exact) mass is 400 g/mol. The van der Waals surface area contributed by atoms with E-state index in [4.69, 9.17) is 0 Å². The second-order valence-corrected chi connectivity index (χ2v) is 8.08. The normalized spacial score (nSPS) is 21.8. The molecule has 148 valence electrons. The molecule has 2 aliphatic heterocycles. The fourth-order valence-corrected chi connectivity index (χ4v) is 4.85. The third-order valence-corrected chi connectivity index (χ3v) is 6.45. The van der Waals surface area contributed by atoms with E-state index < -0.39 is 11.7 Å². The third-order valence-electron chi connectivity index (χ3n) is 5.19. The summed E-state index contributed by atoms with van der Waals surface area (Å²) in [6.07, 6.45) is -2.28. The number of carbonyl (C=O) groups excluding carboxylic acids is 2. The zero-order valence-electron chi connectivity index (χ0n) is 15.2. The summed E-state index contributed by atoms with van der Waals surface area (Å²) in [7, 11) is 0. The molecule has 1 atom stereocenters. The van der Waals surface area contributed by atoms with Crippen molar-refractivity contribution in [2.45, 2.75) is 37.7 Å². The molecular weight excluding hydrogens is 377 g/mol. The van der Waals surface area contributed by atoms with Crippen LogP contribution in [0.4, 0.5) is 13.2 Å². The highest BCUT2D eigenvalue weighted by atomic mass is 32.2. The Bertz CT molecular complexity index is 702. The summed E-state index contributed by atoms with van der Waals surface area (Å²) in [5.41, 5.74) is -0.175. The highest BCUT2D eigenvalue weighted by Gasteiger charge is 2.37. The smallest absolute Gasteiger partial charge is 0.343 e. The lowest BCUT2D eigenvalue weighted by molar-refractivity contribution is -0.137. The molecule has 0 bridgehead atoms. The summed E-state index contributed by atoms with van der Waals surface area (Å²) in [5.74, 6) is 0.660. The van der Waals surface area contributed by atoms with Gasteiger partial charge in [-0.2, -0.15) is 13.2 Å². The van der Waals surface area contributed by atoms with E-state index in [0.29, 0.717) is 31.6 Å². The Balaban J connectivity index is 1.68. The average Bonchev–Trinajstić information content (AvgIpc) is 3.01. The van der Waals surface area contributed by atoms with Crippen LogP contribution in [0.2, 0.25) is 0 Å². The number of rotatable bonds is 4. The second kappa shape index (κ2) is 8.12. The first kappa shape index (κ1) is 20.0. The minimum Gasteiger partial charge on any atom is -0.343 e. The summed E-state index contributed by atoms with van der Waals surface area (Å²) in [4.78, 5) is 27.7. The molecule has 0 spiro atoms. The van der Waals surface area contributed by atoms with Crippen LogP contribution in [-0.2, 0) is 15.8 Å². The molecule has 0 unspecified atom stereocenters. The summed E-state index contributed by atoms with van der Waals surface area (Å²) >= 11 is 1.37. The lowest BCUT2D eigenvalue weighted by Crippen LogP contribution is -2.42. The molecule has 27 heavy (non-hydrogen) atoms. The van der Waals surface area contributed by atoms with Crippen LogP contribution in [0.15, 0.2) is 24.3 Å². The number of likely N-dealkylation sites (tertiary alicyclic amines) is 1. The van der Waals surface area contributed by atoms with E-state index in [-0.39, 0.29) is 28.9 Å². The summed E-state index contributed by atoms with van der Waals surface area (Å²) in [5, 5.41) is -0.380. The van der Waals surface area contributed by atoms with Gasteiger partial charge in [-0.1, -0.05) is 19.1 Å². The largest absolute Gasteiger partial charge is 0.416 e. The number of thioether (sulfide) groups is 1. The van der Waals surface area contributed by atoms with Crippen molar-refractivity contribution in [2.75, 3.05) is 25.4 Å². The van der Waals surface area contributed by atoms with Crippen molar-refractivity contribution in [3.05, 3.63) is 35.4 Å². The second-order valence-electron chi connectivity index (χ2n) is 7.01. The highest BCUT2D eigenvalue weighted by molar-refractivity contribution is 8.00. The lowest BCUT2D eigenvalue weighted by Gasteiger charge is -2.35. The van der Waals surface area contributed by atoms with Gasteiger partial charge >= 0.3 is 6.18 Å². The zero-order valence-corrected chi connectivity index (χ0v) is 16.0. The zero-order chi connectivity index (χ0) is 19.6. The standard InChI is InChI=1S/C19H23F3N2O2S/c1-2-16(25)23-8-6-13(7-9-23)11-24-17(26)12-27-18(24)14-4-3-5-15(10-14)19(20,21)22/h3-5,10,13,18H,2,6-9,11-12H2,1H3/t18-/m1/s1. The van der Waals surface area contributed by atoms with Crippen LogP contribution in [0.25, 0.3) is 0 Å². The van der Waals surface area contributed by atoms with E-state index in [2.05, 4.69) is 0 Å². The number of amides is 2. The van der Waals surface area contributed by atoms with Crippen molar-refractivity contribution in [3.63, 3.8) is 0 Å². The SMILES string of the molecule is CCC(=O)N1CCC(CN2C(=O)CS[C@@H]2c2cccc(C(F)(F)F)c2)CC1. The van der Waals surface area contributed by atoms with Crippen LogP contribution in [0.3, 0.4) is 0 Å². The Morgan fingerprint density at radius 2 is 1.96 bits per heavy atom. The van der Waals surface area contributed by atoms with Crippen molar-refractivity contribution in [2.24, 2.45) is 5.92 Å². The van der Waals surface area contributed by atoms with Gasteiger partial charge in [-0.3, -0.25) is 9.59 Å². The van der Waals surface area contributed by atoms with Gasteiger partial charge in [0.15, 0.2) is 0 Å².